The maximum Gasteiger partial charge on any atom is 0.241 e. The van der Waals surface area contributed by atoms with E-state index in [-0.39, 0.29) is 23.1 Å². The van der Waals surface area contributed by atoms with Crippen LogP contribution in [0.3, 0.4) is 0 Å². The molecule has 1 aromatic carbocycles. The van der Waals surface area contributed by atoms with Gasteiger partial charge in [-0.15, -0.1) is 0 Å². The molecule has 0 aromatic heterocycles. The lowest BCUT2D eigenvalue weighted by molar-refractivity contribution is -0.156. The molecule has 0 spiro atoms. The first-order chi connectivity index (χ1) is 11.0. The molecule has 3 unspecified atom stereocenters. The summed E-state index contributed by atoms with van der Waals surface area (Å²) in [6.45, 7) is 2.99. The molecule has 23 heavy (non-hydrogen) atoms. The second kappa shape index (κ2) is 6.76. The molecular weight excluding hydrogens is 318 g/mol. The average molecular weight is 341 g/mol. The van der Waals surface area contributed by atoms with Crippen molar-refractivity contribution in [1.29, 1.82) is 0 Å². The fourth-order valence-corrected chi connectivity index (χ4v) is 4.80. The van der Waals surface area contributed by atoms with Gasteiger partial charge in [-0.25, -0.2) is 13.1 Å². The zero-order valence-electron chi connectivity index (χ0n) is 13.4. The van der Waals surface area contributed by atoms with Gasteiger partial charge in [0.25, 0.3) is 0 Å². The van der Waals surface area contributed by atoms with Gasteiger partial charge in [0.2, 0.25) is 10.0 Å². The lowest BCUT2D eigenvalue weighted by Gasteiger charge is -2.38. The Morgan fingerprint density at radius 2 is 1.91 bits per heavy atom. The molecule has 128 valence electrons. The minimum Gasteiger partial charge on any atom is -0.497 e. The third-order valence-corrected chi connectivity index (χ3v) is 6.15. The van der Waals surface area contributed by atoms with E-state index in [2.05, 4.69) is 4.72 Å². The van der Waals surface area contributed by atoms with Crippen molar-refractivity contribution in [1.82, 2.24) is 4.72 Å². The van der Waals surface area contributed by atoms with Crippen molar-refractivity contribution in [3.63, 3.8) is 0 Å². The van der Waals surface area contributed by atoms with Crippen molar-refractivity contribution < 1.29 is 22.6 Å². The SMILES string of the molecule is COc1ccc(C)c(S(=O)(=O)NC2CCC3OCCOC3C2)c1. The number of sulfonamides is 1. The van der Waals surface area contributed by atoms with Gasteiger partial charge in [0.15, 0.2) is 0 Å². The van der Waals surface area contributed by atoms with E-state index in [0.717, 1.165) is 12.8 Å². The van der Waals surface area contributed by atoms with Crippen LogP contribution in [0, 0.1) is 6.92 Å². The molecule has 0 bridgehead atoms. The maximum absolute atomic E-state index is 12.7. The Bertz CT molecular complexity index is 660. The van der Waals surface area contributed by atoms with Crippen molar-refractivity contribution in [3.8, 4) is 5.75 Å². The number of hydrogen-bond acceptors (Lipinski definition) is 5. The van der Waals surface area contributed by atoms with Gasteiger partial charge >= 0.3 is 0 Å². The molecule has 0 amide bonds. The van der Waals surface area contributed by atoms with Crippen LogP contribution in [0.2, 0.25) is 0 Å². The van der Waals surface area contributed by atoms with Gasteiger partial charge in [0, 0.05) is 12.1 Å². The predicted octanol–water partition coefficient (Wildman–Crippen LogP) is 1.62. The molecule has 0 radical (unpaired) electrons. The third kappa shape index (κ3) is 3.68. The van der Waals surface area contributed by atoms with E-state index in [1.165, 1.54) is 7.11 Å². The highest BCUT2D eigenvalue weighted by Crippen LogP contribution is 2.28. The molecule has 2 fully saturated rings. The summed E-state index contributed by atoms with van der Waals surface area (Å²) in [5.74, 6) is 0.531. The van der Waals surface area contributed by atoms with Crippen LogP contribution < -0.4 is 9.46 Å². The van der Waals surface area contributed by atoms with Crippen LogP contribution in [-0.4, -0.2) is 47.0 Å². The highest BCUT2D eigenvalue weighted by molar-refractivity contribution is 7.89. The van der Waals surface area contributed by atoms with Crippen LogP contribution in [0.4, 0.5) is 0 Å². The minimum atomic E-state index is -3.59. The molecule has 2 aliphatic rings. The molecule has 1 aliphatic carbocycles. The summed E-state index contributed by atoms with van der Waals surface area (Å²) in [4.78, 5) is 0.264. The summed E-state index contributed by atoms with van der Waals surface area (Å²) in [7, 11) is -2.06. The van der Waals surface area contributed by atoms with Gasteiger partial charge in [-0.1, -0.05) is 6.07 Å². The topological polar surface area (TPSA) is 73.9 Å². The summed E-state index contributed by atoms with van der Waals surface area (Å²) in [5, 5.41) is 0. The number of benzene rings is 1. The Labute approximate surface area is 137 Å². The first kappa shape index (κ1) is 16.7. The van der Waals surface area contributed by atoms with Crippen LogP contribution in [0.25, 0.3) is 0 Å². The number of aryl methyl sites for hydroxylation is 1. The molecule has 1 saturated heterocycles. The second-order valence-electron chi connectivity index (χ2n) is 6.08. The van der Waals surface area contributed by atoms with Crippen LogP contribution in [-0.2, 0) is 19.5 Å². The fraction of sp³-hybridized carbons (Fsp3) is 0.625. The van der Waals surface area contributed by atoms with E-state index < -0.39 is 10.0 Å². The Hall–Kier alpha value is -1.15. The Morgan fingerprint density at radius 3 is 2.65 bits per heavy atom. The average Bonchev–Trinajstić information content (AvgIpc) is 2.54. The third-order valence-electron chi connectivity index (χ3n) is 4.48. The lowest BCUT2D eigenvalue weighted by Crippen LogP contribution is -2.49. The predicted molar refractivity (Wildman–Crippen MR) is 85.2 cm³/mol. The largest absolute Gasteiger partial charge is 0.497 e. The molecule has 6 nitrogen and oxygen atoms in total. The summed E-state index contributed by atoms with van der Waals surface area (Å²) in [5.41, 5.74) is 0.698. The molecule has 1 saturated carbocycles. The quantitative estimate of drug-likeness (QED) is 0.901. The zero-order chi connectivity index (χ0) is 16.4. The second-order valence-corrected chi connectivity index (χ2v) is 7.76. The van der Waals surface area contributed by atoms with Crippen LogP contribution in [0.1, 0.15) is 24.8 Å². The van der Waals surface area contributed by atoms with Crippen molar-refractivity contribution >= 4 is 10.0 Å². The Balaban J connectivity index is 1.74. The standard InChI is InChI=1S/C16H23NO5S/c1-11-3-5-13(20-2)10-16(11)23(18,19)17-12-4-6-14-15(9-12)22-8-7-21-14/h3,5,10,12,14-15,17H,4,6-9H2,1-2H3. The van der Waals surface area contributed by atoms with Crippen LogP contribution in [0.5, 0.6) is 5.75 Å². The Kier molecular flexibility index (Phi) is 4.91. The number of methoxy groups -OCH3 is 1. The normalized spacial score (nSPS) is 28.2. The zero-order valence-corrected chi connectivity index (χ0v) is 14.3. The number of nitrogens with one attached hydrogen (secondary N) is 1. The fourth-order valence-electron chi connectivity index (χ4n) is 3.25. The van der Waals surface area contributed by atoms with Gasteiger partial charge in [-0.2, -0.15) is 0 Å². The number of hydrogen-bond donors (Lipinski definition) is 1. The van der Waals surface area contributed by atoms with E-state index in [0.29, 0.717) is 30.9 Å². The molecular formula is C16H23NO5S. The summed E-state index contributed by atoms with van der Waals surface area (Å²) in [6, 6.07) is 4.94. The number of rotatable bonds is 4. The van der Waals surface area contributed by atoms with Gasteiger partial charge < -0.3 is 14.2 Å². The van der Waals surface area contributed by atoms with E-state index in [1.807, 2.05) is 0 Å². The van der Waals surface area contributed by atoms with E-state index in [9.17, 15) is 8.42 Å². The monoisotopic (exact) mass is 341 g/mol. The molecule has 7 heteroatoms. The molecule has 1 heterocycles. The Morgan fingerprint density at radius 1 is 1.17 bits per heavy atom. The summed E-state index contributed by atoms with van der Waals surface area (Å²) < 4.78 is 44.8. The molecule has 1 aliphatic heterocycles. The van der Waals surface area contributed by atoms with Crippen molar-refractivity contribution in [2.75, 3.05) is 20.3 Å². The van der Waals surface area contributed by atoms with Gasteiger partial charge in [0.1, 0.15) is 5.75 Å². The van der Waals surface area contributed by atoms with Gasteiger partial charge in [-0.3, -0.25) is 0 Å². The van der Waals surface area contributed by atoms with Crippen molar-refractivity contribution in [2.45, 2.75) is 49.3 Å². The molecule has 3 atom stereocenters. The first-order valence-electron chi connectivity index (χ1n) is 7.90. The highest BCUT2D eigenvalue weighted by Gasteiger charge is 2.36. The number of ether oxygens (including phenoxy) is 3. The van der Waals surface area contributed by atoms with Crippen molar-refractivity contribution in [3.05, 3.63) is 23.8 Å². The summed E-state index contributed by atoms with van der Waals surface area (Å²) in [6.07, 6.45) is 2.30. The van der Waals surface area contributed by atoms with E-state index in [4.69, 9.17) is 14.2 Å². The van der Waals surface area contributed by atoms with Gasteiger partial charge in [0.05, 0.1) is 37.4 Å². The lowest BCUT2D eigenvalue weighted by atomic mass is 9.90. The number of fused-ring (bicyclic) bond motifs is 1. The molecule has 1 aromatic rings. The van der Waals surface area contributed by atoms with E-state index in [1.54, 1.807) is 25.1 Å². The van der Waals surface area contributed by atoms with Gasteiger partial charge in [-0.05, 0) is 37.8 Å². The first-order valence-corrected chi connectivity index (χ1v) is 9.38. The van der Waals surface area contributed by atoms with E-state index >= 15 is 0 Å². The van der Waals surface area contributed by atoms with Crippen molar-refractivity contribution in [2.24, 2.45) is 0 Å². The maximum atomic E-state index is 12.7. The highest BCUT2D eigenvalue weighted by atomic mass is 32.2. The molecule has 3 rings (SSSR count). The minimum absolute atomic E-state index is 0.0170. The van der Waals surface area contributed by atoms with Crippen LogP contribution in [0.15, 0.2) is 23.1 Å². The molecule has 1 N–H and O–H groups in total. The smallest absolute Gasteiger partial charge is 0.241 e. The summed E-state index contributed by atoms with van der Waals surface area (Å²) >= 11 is 0. The van der Waals surface area contributed by atoms with Crippen LogP contribution >= 0.6 is 0 Å².